The molecule has 17 heavy (non-hydrogen) atoms. The summed E-state index contributed by atoms with van der Waals surface area (Å²) in [4.78, 5) is 24.3. The van der Waals surface area contributed by atoms with Crippen LogP contribution >= 0.6 is 0 Å². The van der Waals surface area contributed by atoms with Crippen molar-refractivity contribution in [1.82, 2.24) is 10.2 Å². The quantitative estimate of drug-likeness (QED) is 0.643. The Labute approximate surface area is 102 Å². The van der Waals surface area contributed by atoms with E-state index in [0.29, 0.717) is 12.5 Å². The van der Waals surface area contributed by atoms with Crippen LogP contribution in [0.2, 0.25) is 0 Å². The molecule has 1 rings (SSSR count). The Kier molecular flexibility index (Phi) is 5.08. The summed E-state index contributed by atoms with van der Waals surface area (Å²) in [5.41, 5.74) is 0. The highest BCUT2D eigenvalue weighted by Crippen LogP contribution is 2.18. The molecule has 2 amide bonds. The van der Waals surface area contributed by atoms with Gasteiger partial charge in [0.25, 0.3) is 0 Å². The van der Waals surface area contributed by atoms with Crippen LogP contribution in [0.25, 0.3) is 0 Å². The van der Waals surface area contributed by atoms with E-state index < -0.39 is 6.10 Å². The van der Waals surface area contributed by atoms with Gasteiger partial charge in [-0.3, -0.25) is 14.5 Å². The molecule has 0 saturated carbocycles. The van der Waals surface area contributed by atoms with Crippen LogP contribution in [0.4, 0.5) is 0 Å². The van der Waals surface area contributed by atoms with Gasteiger partial charge >= 0.3 is 0 Å². The predicted octanol–water partition coefficient (Wildman–Crippen LogP) is -0.0121. The standard InChI is InChI=1S/C12H22N2O3/c1-8(2)5-13-6-10(15)7-14-11(16)4-9(3)12(14)17/h8-10,13,15H,4-7H2,1-3H3. The van der Waals surface area contributed by atoms with E-state index in [9.17, 15) is 14.7 Å². The van der Waals surface area contributed by atoms with Gasteiger partial charge in [0.15, 0.2) is 0 Å². The molecular weight excluding hydrogens is 220 g/mol. The smallest absolute Gasteiger partial charge is 0.232 e. The van der Waals surface area contributed by atoms with Crippen molar-refractivity contribution in [1.29, 1.82) is 0 Å². The second-order valence-corrected chi connectivity index (χ2v) is 5.15. The maximum Gasteiger partial charge on any atom is 0.232 e. The SMILES string of the molecule is CC(C)CNCC(O)CN1C(=O)CC(C)C1=O. The van der Waals surface area contributed by atoms with Crippen molar-refractivity contribution < 1.29 is 14.7 Å². The van der Waals surface area contributed by atoms with Gasteiger partial charge in [-0.2, -0.15) is 0 Å². The number of hydrogen-bond acceptors (Lipinski definition) is 4. The lowest BCUT2D eigenvalue weighted by molar-refractivity contribution is -0.140. The van der Waals surface area contributed by atoms with Crippen LogP contribution in [-0.2, 0) is 9.59 Å². The van der Waals surface area contributed by atoms with E-state index in [1.165, 1.54) is 4.90 Å². The average molecular weight is 242 g/mol. The fourth-order valence-electron chi connectivity index (χ4n) is 1.85. The summed E-state index contributed by atoms with van der Waals surface area (Å²) in [7, 11) is 0. The molecule has 0 bridgehead atoms. The minimum Gasteiger partial charge on any atom is -0.390 e. The number of rotatable bonds is 6. The first kappa shape index (κ1) is 14.1. The molecule has 0 aromatic carbocycles. The molecule has 1 saturated heterocycles. The minimum atomic E-state index is -0.688. The lowest BCUT2D eigenvalue weighted by Gasteiger charge is -2.19. The van der Waals surface area contributed by atoms with E-state index in [4.69, 9.17) is 0 Å². The number of likely N-dealkylation sites (tertiary alicyclic amines) is 1. The first-order valence-electron chi connectivity index (χ1n) is 6.14. The van der Waals surface area contributed by atoms with Gasteiger partial charge < -0.3 is 10.4 Å². The predicted molar refractivity (Wildman–Crippen MR) is 64.2 cm³/mol. The number of nitrogens with zero attached hydrogens (tertiary/aromatic N) is 1. The molecule has 1 aliphatic heterocycles. The van der Waals surface area contributed by atoms with E-state index in [1.807, 2.05) is 0 Å². The fraction of sp³-hybridized carbons (Fsp3) is 0.833. The van der Waals surface area contributed by atoms with Gasteiger partial charge in [0.05, 0.1) is 12.6 Å². The Balaban J connectivity index is 2.33. The Hall–Kier alpha value is -0.940. The number of aliphatic hydroxyl groups is 1. The molecule has 5 heteroatoms. The van der Waals surface area contributed by atoms with Crippen molar-refractivity contribution in [3.8, 4) is 0 Å². The minimum absolute atomic E-state index is 0.104. The van der Waals surface area contributed by atoms with E-state index >= 15 is 0 Å². The summed E-state index contributed by atoms with van der Waals surface area (Å²) < 4.78 is 0. The normalized spacial score (nSPS) is 22.6. The second kappa shape index (κ2) is 6.12. The van der Waals surface area contributed by atoms with Crippen LogP contribution in [0.5, 0.6) is 0 Å². The van der Waals surface area contributed by atoms with Crippen LogP contribution in [0.1, 0.15) is 27.2 Å². The monoisotopic (exact) mass is 242 g/mol. The summed E-state index contributed by atoms with van der Waals surface area (Å²) in [5, 5.41) is 12.8. The van der Waals surface area contributed by atoms with Crippen molar-refractivity contribution in [3.05, 3.63) is 0 Å². The van der Waals surface area contributed by atoms with Gasteiger partial charge in [-0.1, -0.05) is 20.8 Å². The molecule has 0 aliphatic carbocycles. The Bertz CT molecular complexity index is 291. The van der Waals surface area contributed by atoms with Crippen molar-refractivity contribution in [2.45, 2.75) is 33.3 Å². The number of carbonyl (C=O) groups excluding carboxylic acids is 2. The Morgan fingerprint density at radius 1 is 1.41 bits per heavy atom. The Morgan fingerprint density at radius 3 is 2.53 bits per heavy atom. The number of carbonyl (C=O) groups is 2. The number of imide groups is 1. The van der Waals surface area contributed by atoms with Crippen molar-refractivity contribution in [2.75, 3.05) is 19.6 Å². The zero-order chi connectivity index (χ0) is 13.0. The number of β-amino-alcohol motifs (C(OH)–C–C–N with tert-alkyl or cyclic N) is 1. The summed E-state index contributed by atoms with van der Waals surface area (Å²) in [5.74, 6) is -0.0704. The van der Waals surface area contributed by atoms with Crippen LogP contribution in [0.3, 0.4) is 0 Å². The first-order valence-corrected chi connectivity index (χ1v) is 6.14. The topological polar surface area (TPSA) is 69.6 Å². The third kappa shape index (κ3) is 4.09. The molecular formula is C12H22N2O3. The van der Waals surface area contributed by atoms with Crippen molar-refractivity contribution in [3.63, 3.8) is 0 Å². The third-order valence-corrected chi connectivity index (χ3v) is 2.80. The third-order valence-electron chi connectivity index (χ3n) is 2.80. The molecule has 2 unspecified atom stereocenters. The zero-order valence-corrected chi connectivity index (χ0v) is 10.8. The van der Waals surface area contributed by atoms with Gasteiger partial charge in [0.1, 0.15) is 0 Å². The highest BCUT2D eigenvalue weighted by atomic mass is 16.3. The van der Waals surface area contributed by atoms with E-state index in [0.717, 1.165) is 6.54 Å². The van der Waals surface area contributed by atoms with Gasteiger partial charge in [-0.15, -0.1) is 0 Å². The number of aliphatic hydroxyl groups excluding tert-OH is 1. The molecule has 98 valence electrons. The van der Waals surface area contributed by atoms with Gasteiger partial charge in [-0.25, -0.2) is 0 Å². The number of hydrogen-bond donors (Lipinski definition) is 2. The lowest BCUT2D eigenvalue weighted by atomic mass is 10.1. The molecule has 1 fully saturated rings. The molecule has 0 spiro atoms. The molecule has 2 N–H and O–H groups in total. The van der Waals surface area contributed by atoms with Gasteiger partial charge in [-0.05, 0) is 12.5 Å². The average Bonchev–Trinajstić information content (AvgIpc) is 2.44. The molecule has 0 radical (unpaired) electrons. The van der Waals surface area contributed by atoms with E-state index in [2.05, 4.69) is 19.2 Å². The van der Waals surface area contributed by atoms with Crippen LogP contribution in [-0.4, -0.2) is 47.6 Å². The molecule has 1 aliphatic rings. The molecule has 0 aromatic rings. The van der Waals surface area contributed by atoms with Crippen LogP contribution in [0.15, 0.2) is 0 Å². The van der Waals surface area contributed by atoms with Crippen LogP contribution in [0, 0.1) is 11.8 Å². The molecule has 2 atom stereocenters. The maximum absolute atomic E-state index is 11.6. The van der Waals surface area contributed by atoms with Crippen molar-refractivity contribution in [2.24, 2.45) is 11.8 Å². The van der Waals surface area contributed by atoms with E-state index in [-0.39, 0.29) is 30.7 Å². The van der Waals surface area contributed by atoms with Gasteiger partial charge in [0.2, 0.25) is 11.8 Å². The van der Waals surface area contributed by atoms with E-state index in [1.54, 1.807) is 6.92 Å². The maximum atomic E-state index is 11.6. The lowest BCUT2D eigenvalue weighted by Crippen LogP contribution is -2.41. The number of nitrogens with one attached hydrogen (secondary N) is 1. The summed E-state index contributed by atoms with van der Waals surface area (Å²) in [6, 6.07) is 0. The fourth-order valence-corrected chi connectivity index (χ4v) is 1.85. The molecule has 1 heterocycles. The molecule has 5 nitrogen and oxygen atoms in total. The van der Waals surface area contributed by atoms with Gasteiger partial charge in [0, 0.05) is 18.9 Å². The van der Waals surface area contributed by atoms with Crippen LogP contribution < -0.4 is 5.32 Å². The first-order chi connectivity index (χ1) is 7.91. The summed E-state index contributed by atoms with van der Waals surface area (Å²) >= 11 is 0. The van der Waals surface area contributed by atoms with Crippen molar-refractivity contribution >= 4 is 11.8 Å². The second-order valence-electron chi connectivity index (χ2n) is 5.15. The summed E-state index contributed by atoms with van der Waals surface area (Å²) in [6.07, 6.45) is -0.419. The number of amides is 2. The zero-order valence-electron chi connectivity index (χ0n) is 10.8. The summed E-state index contributed by atoms with van der Waals surface area (Å²) in [6.45, 7) is 7.22. The molecule has 0 aromatic heterocycles. The highest BCUT2D eigenvalue weighted by molar-refractivity contribution is 6.03. The highest BCUT2D eigenvalue weighted by Gasteiger charge is 2.36. The Morgan fingerprint density at radius 2 is 2.06 bits per heavy atom. The largest absolute Gasteiger partial charge is 0.390 e.